The molecule has 2 nitrogen and oxygen atoms in total. The summed E-state index contributed by atoms with van der Waals surface area (Å²) in [6, 6.07) is 12.1. The lowest BCUT2D eigenvalue weighted by Gasteiger charge is -2.25. The zero-order valence-electron chi connectivity index (χ0n) is 11.5. The summed E-state index contributed by atoms with van der Waals surface area (Å²) in [4.78, 5) is 0. The fourth-order valence-corrected chi connectivity index (χ4v) is 2.69. The van der Waals surface area contributed by atoms with Crippen molar-refractivity contribution in [1.82, 2.24) is 0 Å². The molecule has 0 aliphatic heterocycles. The molecule has 5 heteroatoms. The van der Waals surface area contributed by atoms with Crippen LogP contribution in [0.2, 0.25) is 0 Å². The largest absolute Gasteiger partial charge is 0.483 e. The van der Waals surface area contributed by atoms with Gasteiger partial charge in [0.1, 0.15) is 17.7 Å². The standard InChI is InChI=1S/C16H16Br2FNO/c1-2-14(20)16(10-3-5-11(17)6-4-10)21-15-8-7-12(19)9-13(15)18/h3-9,14,16H,2,20H2,1H3. The molecule has 0 aliphatic carbocycles. The van der Waals surface area contributed by atoms with Gasteiger partial charge in [-0.1, -0.05) is 35.0 Å². The van der Waals surface area contributed by atoms with Crippen LogP contribution in [0.15, 0.2) is 51.4 Å². The minimum absolute atomic E-state index is 0.150. The second-order valence-electron chi connectivity index (χ2n) is 4.74. The van der Waals surface area contributed by atoms with Crippen LogP contribution in [0.1, 0.15) is 25.0 Å². The van der Waals surface area contributed by atoms with Crippen molar-refractivity contribution in [1.29, 1.82) is 0 Å². The van der Waals surface area contributed by atoms with Crippen molar-refractivity contribution < 1.29 is 9.13 Å². The van der Waals surface area contributed by atoms with E-state index >= 15 is 0 Å². The molecule has 0 spiro atoms. The van der Waals surface area contributed by atoms with Crippen molar-refractivity contribution in [3.05, 3.63) is 62.8 Å². The van der Waals surface area contributed by atoms with E-state index < -0.39 is 0 Å². The van der Waals surface area contributed by atoms with Gasteiger partial charge in [-0.3, -0.25) is 0 Å². The number of benzene rings is 2. The second-order valence-corrected chi connectivity index (χ2v) is 6.51. The van der Waals surface area contributed by atoms with Crippen molar-refractivity contribution in [3.63, 3.8) is 0 Å². The highest BCUT2D eigenvalue weighted by molar-refractivity contribution is 9.10. The van der Waals surface area contributed by atoms with E-state index in [1.54, 1.807) is 6.07 Å². The Hall–Kier alpha value is -0.910. The molecule has 0 amide bonds. The zero-order chi connectivity index (χ0) is 15.4. The molecule has 112 valence electrons. The number of hydrogen-bond acceptors (Lipinski definition) is 2. The number of rotatable bonds is 5. The molecule has 0 aliphatic rings. The van der Waals surface area contributed by atoms with Crippen LogP contribution in [-0.2, 0) is 0 Å². The summed E-state index contributed by atoms with van der Waals surface area (Å²) in [7, 11) is 0. The summed E-state index contributed by atoms with van der Waals surface area (Å²) in [5, 5.41) is 0. The van der Waals surface area contributed by atoms with E-state index in [-0.39, 0.29) is 18.0 Å². The van der Waals surface area contributed by atoms with Gasteiger partial charge < -0.3 is 10.5 Å². The van der Waals surface area contributed by atoms with Gasteiger partial charge in [-0.15, -0.1) is 0 Å². The maximum Gasteiger partial charge on any atom is 0.139 e. The van der Waals surface area contributed by atoms with Gasteiger partial charge in [-0.25, -0.2) is 4.39 Å². The Bertz CT molecular complexity index is 604. The highest BCUT2D eigenvalue weighted by atomic mass is 79.9. The zero-order valence-corrected chi connectivity index (χ0v) is 14.7. The van der Waals surface area contributed by atoms with Crippen LogP contribution in [-0.4, -0.2) is 6.04 Å². The molecule has 2 aromatic rings. The summed E-state index contributed by atoms with van der Waals surface area (Å²) >= 11 is 6.73. The van der Waals surface area contributed by atoms with Crippen LogP contribution in [0.4, 0.5) is 4.39 Å². The van der Waals surface area contributed by atoms with Gasteiger partial charge >= 0.3 is 0 Å². The highest BCUT2D eigenvalue weighted by Crippen LogP contribution is 2.32. The van der Waals surface area contributed by atoms with Crippen LogP contribution < -0.4 is 10.5 Å². The topological polar surface area (TPSA) is 35.2 Å². The van der Waals surface area contributed by atoms with Gasteiger partial charge in [-0.05, 0) is 58.2 Å². The number of halogens is 3. The van der Waals surface area contributed by atoms with Crippen LogP contribution in [0.25, 0.3) is 0 Å². The first-order valence-electron chi connectivity index (χ1n) is 6.64. The molecule has 21 heavy (non-hydrogen) atoms. The lowest BCUT2D eigenvalue weighted by atomic mass is 10.0. The summed E-state index contributed by atoms with van der Waals surface area (Å²) in [5.41, 5.74) is 7.18. The lowest BCUT2D eigenvalue weighted by Crippen LogP contribution is -2.31. The molecule has 0 saturated carbocycles. The maximum atomic E-state index is 13.2. The molecular formula is C16H16Br2FNO. The van der Waals surface area contributed by atoms with E-state index in [2.05, 4.69) is 31.9 Å². The third-order valence-corrected chi connectivity index (χ3v) is 4.36. The fraction of sp³-hybridized carbons (Fsp3) is 0.250. The summed E-state index contributed by atoms with van der Waals surface area (Å²) in [6.45, 7) is 2.01. The van der Waals surface area contributed by atoms with Crippen molar-refractivity contribution in [2.45, 2.75) is 25.5 Å². The third kappa shape index (κ3) is 4.28. The van der Waals surface area contributed by atoms with Crippen LogP contribution in [0.5, 0.6) is 5.75 Å². The van der Waals surface area contributed by atoms with Gasteiger partial charge in [0.25, 0.3) is 0 Å². The Balaban J connectivity index is 2.30. The van der Waals surface area contributed by atoms with Gasteiger partial charge in [0.15, 0.2) is 0 Å². The van der Waals surface area contributed by atoms with Gasteiger partial charge in [0.2, 0.25) is 0 Å². The van der Waals surface area contributed by atoms with Crippen LogP contribution in [0.3, 0.4) is 0 Å². The Kier molecular flexibility index (Phi) is 5.79. The molecule has 0 fully saturated rings. The van der Waals surface area contributed by atoms with Crippen molar-refractivity contribution in [3.8, 4) is 5.75 Å². The minimum Gasteiger partial charge on any atom is -0.483 e. The van der Waals surface area contributed by atoms with Gasteiger partial charge in [0.05, 0.1) is 4.47 Å². The van der Waals surface area contributed by atoms with Crippen LogP contribution >= 0.6 is 31.9 Å². The first kappa shape index (κ1) is 16.5. The Morgan fingerprint density at radius 2 is 1.81 bits per heavy atom. The molecular weight excluding hydrogens is 401 g/mol. The smallest absolute Gasteiger partial charge is 0.139 e. The molecule has 0 heterocycles. The van der Waals surface area contributed by atoms with E-state index in [0.29, 0.717) is 10.2 Å². The minimum atomic E-state index is -0.311. The summed E-state index contributed by atoms with van der Waals surface area (Å²) in [6.07, 6.45) is 0.490. The third-order valence-electron chi connectivity index (χ3n) is 3.21. The first-order chi connectivity index (χ1) is 10.0. The molecule has 2 aromatic carbocycles. The van der Waals surface area contributed by atoms with E-state index in [9.17, 15) is 4.39 Å². The molecule has 0 radical (unpaired) electrons. The van der Waals surface area contributed by atoms with E-state index in [1.807, 2.05) is 31.2 Å². The maximum absolute atomic E-state index is 13.2. The highest BCUT2D eigenvalue weighted by Gasteiger charge is 2.21. The molecule has 2 atom stereocenters. The molecule has 0 aromatic heterocycles. The first-order valence-corrected chi connectivity index (χ1v) is 8.22. The Morgan fingerprint density at radius 3 is 2.38 bits per heavy atom. The van der Waals surface area contributed by atoms with Crippen molar-refractivity contribution in [2.24, 2.45) is 5.73 Å². The average Bonchev–Trinajstić information content (AvgIpc) is 2.47. The van der Waals surface area contributed by atoms with Gasteiger partial charge in [-0.2, -0.15) is 0 Å². The Morgan fingerprint density at radius 1 is 1.14 bits per heavy atom. The van der Waals surface area contributed by atoms with E-state index in [0.717, 1.165) is 16.5 Å². The number of ether oxygens (including phenoxy) is 1. The predicted molar refractivity (Wildman–Crippen MR) is 89.9 cm³/mol. The fourth-order valence-electron chi connectivity index (χ4n) is 1.98. The predicted octanol–water partition coefficient (Wildman–Crippen LogP) is 5.21. The molecule has 0 bridgehead atoms. The van der Waals surface area contributed by atoms with E-state index in [4.69, 9.17) is 10.5 Å². The quantitative estimate of drug-likeness (QED) is 0.726. The number of nitrogens with two attached hydrogens (primary N) is 1. The summed E-state index contributed by atoms with van der Waals surface area (Å²) < 4.78 is 20.8. The van der Waals surface area contributed by atoms with E-state index in [1.165, 1.54) is 12.1 Å². The molecule has 2 N–H and O–H groups in total. The monoisotopic (exact) mass is 415 g/mol. The van der Waals surface area contributed by atoms with Crippen LogP contribution in [0, 0.1) is 5.82 Å². The lowest BCUT2D eigenvalue weighted by molar-refractivity contribution is 0.169. The molecule has 2 rings (SSSR count). The average molecular weight is 417 g/mol. The summed E-state index contributed by atoms with van der Waals surface area (Å²) in [5.74, 6) is 0.266. The number of hydrogen-bond donors (Lipinski definition) is 1. The second kappa shape index (κ2) is 7.38. The van der Waals surface area contributed by atoms with Gasteiger partial charge in [0, 0.05) is 10.5 Å². The normalized spacial score (nSPS) is 13.8. The molecule has 2 unspecified atom stereocenters. The van der Waals surface area contributed by atoms with Crippen molar-refractivity contribution >= 4 is 31.9 Å². The molecule has 0 saturated heterocycles. The SMILES string of the molecule is CCC(N)C(Oc1ccc(F)cc1Br)c1ccc(Br)cc1. The van der Waals surface area contributed by atoms with Crippen molar-refractivity contribution in [2.75, 3.05) is 0 Å². The Labute approximate surface area is 140 Å².